The van der Waals surface area contributed by atoms with Gasteiger partial charge in [0.2, 0.25) is 0 Å². The zero-order valence-corrected chi connectivity index (χ0v) is 13.5. The van der Waals surface area contributed by atoms with Gasteiger partial charge in [0.1, 0.15) is 11.5 Å². The van der Waals surface area contributed by atoms with E-state index in [4.69, 9.17) is 14.6 Å². The third kappa shape index (κ3) is 4.19. The van der Waals surface area contributed by atoms with Crippen LogP contribution in [0.2, 0.25) is 0 Å². The van der Waals surface area contributed by atoms with Crippen molar-refractivity contribution in [2.24, 2.45) is 0 Å². The molecule has 0 saturated heterocycles. The lowest BCUT2D eigenvalue weighted by atomic mass is 10.1. The van der Waals surface area contributed by atoms with Crippen LogP contribution in [0, 0.1) is 0 Å². The van der Waals surface area contributed by atoms with Crippen LogP contribution in [0.1, 0.15) is 13.8 Å². The van der Waals surface area contributed by atoms with Crippen molar-refractivity contribution in [1.29, 1.82) is 0 Å². The van der Waals surface area contributed by atoms with E-state index in [0.29, 0.717) is 30.4 Å². The standard InChI is InChI=1S/C15H16N2O5S/c1-3-21-9-5-6-10(12(7-9)22-4-2)11-8-23-15(16-11)17-13(18)14(19)20/h5-8H,3-4H2,1-2H3,(H,19,20)(H,16,17,18). The Kier molecular flexibility index (Phi) is 5.53. The van der Waals surface area contributed by atoms with E-state index < -0.39 is 11.9 Å². The first-order valence-corrected chi connectivity index (χ1v) is 7.83. The topological polar surface area (TPSA) is 97.8 Å². The lowest BCUT2D eigenvalue weighted by molar-refractivity contribution is -0.147. The van der Waals surface area contributed by atoms with Crippen LogP contribution in [0.5, 0.6) is 11.5 Å². The van der Waals surface area contributed by atoms with E-state index in [0.717, 1.165) is 16.9 Å². The zero-order chi connectivity index (χ0) is 16.8. The van der Waals surface area contributed by atoms with Crippen molar-refractivity contribution in [1.82, 2.24) is 4.98 Å². The van der Waals surface area contributed by atoms with Crippen LogP contribution in [0.3, 0.4) is 0 Å². The van der Waals surface area contributed by atoms with Crippen LogP contribution < -0.4 is 14.8 Å². The maximum absolute atomic E-state index is 11.2. The van der Waals surface area contributed by atoms with Gasteiger partial charge in [-0.1, -0.05) is 0 Å². The molecule has 0 fully saturated rings. The summed E-state index contributed by atoms with van der Waals surface area (Å²) < 4.78 is 11.1. The molecule has 0 unspecified atom stereocenters. The third-order valence-electron chi connectivity index (χ3n) is 2.76. The van der Waals surface area contributed by atoms with Gasteiger partial charge in [0.15, 0.2) is 5.13 Å². The smallest absolute Gasteiger partial charge is 0.394 e. The minimum Gasteiger partial charge on any atom is -0.494 e. The zero-order valence-electron chi connectivity index (χ0n) is 12.7. The molecule has 0 aliphatic carbocycles. The van der Waals surface area contributed by atoms with Crippen molar-refractivity contribution in [2.45, 2.75) is 13.8 Å². The summed E-state index contributed by atoms with van der Waals surface area (Å²) in [4.78, 5) is 25.9. The Bertz CT molecular complexity index is 714. The Morgan fingerprint density at radius 2 is 2.00 bits per heavy atom. The Labute approximate surface area is 136 Å². The van der Waals surface area contributed by atoms with Crippen molar-refractivity contribution in [2.75, 3.05) is 18.5 Å². The molecule has 0 bridgehead atoms. The van der Waals surface area contributed by atoms with Gasteiger partial charge < -0.3 is 14.6 Å². The van der Waals surface area contributed by atoms with E-state index in [-0.39, 0.29) is 5.13 Å². The van der Waals surface area contributed by atoms with Crippen LogP contribution in [0.4, 0.5) is 5.13 Å². The number of hydrogen-bond acceptors (Lipinski definition) is 6. The second-order valence-corrected chi connectivity index (χ2v) is 5.18. The Morgan fingerprint density at radius 3 is 2.65 bits per heavy atom. The average Bonchev–Trinajstić information content (AvgIpc) is 2.96. The van der Waals surface area contributed by atoms with Gasteiger partial charge >= 0.3 is 11.9 Å². The molecule has 7 nitrogen and oxygen atoms in total. The van der Waals surface area contributed by atoms with Crippen LogP contribution in [-0.4, -0.2) is 35.2 Å². The van der Waals surface area contributed by atoms with Gasteiger partial charge in [-0.3, -0.25) is 10.1 Å². The molecule has 1 heterocycles. The summed E-state index contributed by atoms with van der Waals surface area (Å²) in [5.74, 6) is -1.38. The minimum atomic E-state index is -1.56. The highest BCUT2D eigenvalue weighted by molar-refractivity contribution is 7.14. The lowest BCUT2D eigenvalue weighted by Crippen LogP contribution is -2.21. The maximum Gasteiger partial charge on any atom is 0.394 e. The Hall–Kier alpha value is -2.61. The monoisotopic (exact) mass is 336 g/mol. The summed E-state index contributed by atoms with van der Waals surface area (Å²) in [6.45, 7) is 4.80. The fourth-order valence-corrected chi connectivity index (χ4v) is 2.56. The maximum atomic E-state index is 11.2. The SMILES string of the molecule is CCOc1ccc(-c2csc(NC(=O)C(=O)O)n2)c(OCC)c1. The molecular weight excluding hydrogens is 320 g/mol. The second kappa shape index (κ2) is 7.59. The molecule has 0 saturated carbocycles. The van der Waals surface area contributed by atoms with E-state index in [2.05, 4.69) is 10.3 Å². The highest BCUT2D eigenvalue weighted by Gasteiger charge is 2.16. The van der Waals surface area contributed by atoms with E-state index in [1.165, 1.54) is 0 Å². The summed E-state index contributed by atoms with van der Waals surface area (Å²) >= 11 is 1.14. The van der Waals surface area contributed by atoms with Gasteiger partial charge in [-0.15, -0.1) is 11.3 Å². The molecule has 0 atom stereocenters. The summed E-state index contributed by atoms with van der Waals surface area (Å²) in [5.41, 5.74) is 1.32. The molecule has 0 spiro atoms. The molecule has 0 aliphatic rings. The lowest BCUT2D eigenvalue weighted by Gasteiger charge is -2.11. The Balaban J connectivity index is 2.28. The van der Waals surface area contributed by atoms with Crippen LogP contribution >= 0.6 is 11.3 Å². The van der Waals surface area contributed by atoms with E-state index in [9.17, 15) is 9.59 Å². The fraction of sp³-hybridized carbons (Fsp3) is 0.267. The van der Waals surface area contributed by atoms with E-state index in [1.807, 2.05) is 19.9 Å². The number of aliphatic carboxylic acids is 1. The number of carboxylic acids is 1. The quantitative estimate of drug-likeness (QED) is 0.787. The summed E-state index contributed by atoms with van der Waals surface area (Å²) in [6, 6.07) is 5.39. The van der Waals surface area contributed by atoms with Crippen molar-refractivity contribution >= 4 is 28.3 Å². The first-order valence-electron chi connectivity index (χ1n) is 6.95. The molecular formula is C15H16N2O5S. The molecule has 1 aromatic heterocycles. The van der Waals surface area contributed by atoms with Gasteiger partial charge in [-0.2, -0.15) is 0 Å². The predicted molar refractivity (Wildman–Crippen MR) is 86.2 cm³/mol. The summed E-state index contributed by atoms with van der Waals surface area (Å²) in [6.07, 6.45) is 0. The molecule has 0 radical (unpaired) electrons. The number of carbonyl (C=O) groups excluding carboxylic acids is 1. The number of benzene rings is 1. The van der Waals surface area contributed by atoms with Gasteiger partial charge in [-0.05, 0) is 26.0 Å². The van der Waals surface area contributed by atoms with E-state index >= 15 is 0 Å². The largest absolute Gasteiger partial charge is 0.494 e. The van der Waals surface area contributed by atoms with Gasteiger partial charge in [0.05, 0.1) is 18.9 Å². The molecule has 1 aromatic carbocycles. The average molecular weight is 336 g/mol. The molecule has 0 aliphatic heterocycles. The first-order chi connectivity index (χ1) is 11.0. The van der Waals surface area contributed by atoms with Crippen LogP contribution in [0.25, 0.3) is 11.3 Å². The summed E-state index contributed by atoms with van der Waals surface area (Å²) in [7, 11) is 0. The number of rotatable bonds is 6. The van der Waals surface area contributed by atoms with Gasteiger partial charge in [-0.25, -0.2) is 9.78 Å². The van der Waals surface area contributed by atoms with Crippen molar-refractivity contribution in [3.05, 3.63) is 23.6 Å². The fourth-order valence-electron chi connectivity index (χ4n) is 1.85. The van der Waals surface area contributed by atoms with Crippen molar-refractivity contribution in [3.63, 3.8) is 0 Å². The molecule has 8 heteroatoms. The number of anilines is 1. The minimum absolute atomic E-state index is 0.212. The number of carbonyl (C=O) groups is 2. The molecule has 1 amide bonds. The summed E-state index contributed by atoms with van der Waals surface area (Å²) in [5, 5.41) is 12.7. The molecule has 2 aromatic rings. The van der Waals surface area contributed by atoms with Gasteiger partial charge in [0.25, 0.3) is 0 Å². The molecule has 2 rings (SSSR count). The molecule has 23 heavy (non-hydrogen) atoms. The third-order valence-corrected chi connectivity index (χ3v) is 3.52. The van der Waals surface area contributed by atoms with Crippen LogP contribution in [-0.2, 0) is 9.59 Å². The van der Waals surface area contributed by atoms with E-state index in [1.54, 1.807) is 17.5 Å². The normalized spacial score (nSPS) is 10.2. The predicted octanol–water partition coefficient (Wildman–Crippen LogP) is 2.63. The molecule has 2 N–H and O–H groups in total. The van der Waals surface area contributed by atoms with Crippen molar-refractivity contribution in [3.8, 4) is 22.8 Å². The highest BCUT2D eigenvalue weighted by atomic mass is 32.1. The van der Waals surface area contributed by atoms with Crippen molar-refractivity contribution < 1.29 is 24.2 Å². The molecule has 122 valence electrons. The highest BCUT2D eigenvalue weighted by Crippen LogP contribution is 2.35. The number of ether oxygens (including phenoxy) is 2. The number of thiazole rings is 1. The number of nitrogens with one attached hydrogen (secondary N) is 1. The number of aromatic nitrogens is 1. The van der Waals surface area contributed by atoms with Crippen LogP contribution in [0.15, 0.2) is 23.6 Å². The number of hydrogen-bond donors (Lipinski definition) is 2. The number of nitrogens with zero attached hydrogens (tertiary/aromatic N) is 1. The second-order valence-electron chi connectivity index (χ2n) is 4.32. The first kappa shape index (κ1) is 16.8. The Morgan fingerprint density at radius 1 is 1.26 bits per heavy atom. The van der Waals surface area contributed by atoms with Gasteiger partial charge in [0, 0.05) is 17.0 Å². The number of amides is 1. The number of carboxylic acid groups (broad SMARTS) is 1.